The van der Waals surface area contributed by atoms with Crippen LogP contribution in [0.15, 0.2) is 0 Å². The summed E-state index contributed by atoms with van der Waals surface area (Å²) in [5, 5.41) is 0. The first-order chi connectivity index (χ1) is 8.00. The van der Waals surface area contributed by atoms with Crippen molar-refractivity contribution in [2.24, 2.45) is 39.4 Å². The van der Waals surface area contributed by atoms with Crippen LogP contribution in [-0.4, -0.2) is 0 Å². The topological polar surface area (TPSA) is 0 Å². The highest BCUT2D eigenvalue weighted by Crippen LogP contribution is 3.12. The quantitative estimate of drug-likeness (QED) is 0.647. The number of hydrogen-bond acceptors (Lipinski definition) is 0. The van der Waals surface area contributed by atoms with Gasteiger partial charge < -0.3 is 0 Å². The molecule has 96 valence electrons. The molecule has 4 aliphatic carbocycles. The zero-order valence-electron chi connectivity index (χ0n) is 12.3. The van der Waals surface area contributed by atoms with Crippen LogP contribution in [0.5, 0.6) is 0 Å². The van der Waals surface area contributed by atoms with Crippen LogP contribution >= 0.6 is 0 Å². The van der Waals surface area contributed by atoms with Crippen molar-refractivity contribution in [2.75, 3.05) is 0 Å². The highest BCUT2D eigenvalue weighted by atomic mass is 15.1. The lowest BCUT2D eigenvalue weighted by atomic mass is 9.56. The van der Waals surface area contributed by atoms with Crippen molar-refractivity contribution in [1.29, 1.82) is 0 Å². The van der Waals surface area contributed by atoms with E-state index in [0.29, 0.717) is 5.41 Å². The molecule has 0 aromatic carbocycles. The van der Waals surface area contributed by atoms with E-state index in [9.17, 15) is 0 Å². The van der Waals surface area contributed by atoms with Crippen molar-refractivity contribution in [2.45, 2.75) is 66.7 Å². The van der Waals surface area contributed by atoms with Gasteiger partial charge in [-0.2, -0.15) is 0 Å². The molecule has 4 rings (SSSR count). The molecule has 0 amide bonds. The first-order valence-corrected chi connectivity index (χ1v) is 8.00. The van der Waals surface area contributed by atoms with Gasteiger partial charge in [0.15, 0.2) is 0 Å². The lowest BCUT2D eigenvalue weighted by Gasteiger charge is -2.48. The summed E-state index contributed by atoms with van der Waals surface area (Å²) in [7, 11) is 0. The van der Waals surface area contributed by atoms with Gasteiger partial charge in [0.25, 0.3) is 0 Å². The molecule has 4 aliphatic rings. The zero-order valence-corrected chi connectivity index (χ0v) is 12.3. The van der Waals surface area contributed by atoms with Crippen LogP contribution < -0.4 is 0 Å². The molecule has 5 unspecified atom stereocenters. The van der Waals surface area contributed by atoms with Gasteiger partial charge >= 0.3 is 0 Å². The fraction of sp³-hybridized carbons (Fsp3) is 1.00. The molecule has 0 aliphatic heterocycles. The van der Waals surface area contributed by atoms with Gasteiger partial charge in [0, 0.05) is 0 Å². The minimum Gasteiger partial charge on any atom is -0.0651 e. The van der Waals surface area contributed by atoms with E-state index in [-0.39, 0.29) is 0 Å². The normalized spacial score (nSPS) is 59.6. The van der Waals surface area contributed by atoms with Gasteiger partial charge in [0.2, 0.25) is 0 Å². The van der Waals surface area contributed by atoms with Gasteiger partial charge in [-0.3, -0.25) is 0 Å². The minimum absolute atomic E-state index is 0.674. The second-order valence-electron chi connectivity index (χ2n) is 8.16. The molecule has 0 bridgehead atoms. The smallest absolute Gasteiger partial charge is 0.0136 e. The molecule has 0 heterocycles. The molecule has 17 heavy (non-hydrogen) atoms. The Balaban J connectivity index is 1.66. The van der Waals surface area contributed by atoms with Gasteiger partial charge in [-0.1, -0.05) is 47.5 Å². The minimum atomic E-state index is 0.674. The van der Waals surface area contributed by atoms with Crippen LogP contribution in [0.3, 0.4) is 0 Å². The van der Waals surface area contributed by atoms with E-state index in [2.05, 4.69) is 34.6 Å². The van der Waals surface area contributed by atoms with Gasteiger partial charge in [-0.05, 0) is 58.7 Å². The highest BCUT2D eigenvalue weighted by Gasteiger charge is 3.07. The third-order valence-corrected chi connectivity index (χ3v) is 8.35. The van der Waals surface area contributed by atoms with Crippen molar-refractivity contribution >= 4 is 0 Å². The summed E-state index contributed by atoms with van der Waals surface area (Å²) in [6.45, 7) is 12.5. The lowest BCUT2D eigenvalue weighted by Crippen LogP contribution is -2.41. The summed E-state index contributed by atoms with van der Waals surface area (Å²) in [5.41, 5.74) is 3.27. The van der Waals surface area contributed by atoms with Crippen LogP contribution in [0.1, 0.15) is 66.7 Å². The van der Waals surface area contributed by atoms with E-state index in [1.165, 1.54) is 25.2 Å². The van der Waals surface area contributed by atoms with Crippen molar-refractivity contribution in [3.05, 3.63) is 0 Å². The molecule has 2 spiro atoms. The third-order valence-electron chi connectivity index (χ3n) is 8.35. The van der Waals surface area contributed by atoms with Crippen LogP contribution in [0.25, 0.3) is 0 Å². The van der Waals surface area contributed by atoms with E-state index in [4.69, 9.17) is 0 Å². The van der Waals surface area contributed by atoms with Crippen LogP contribution in [0.2, 0.25) is 0 Å². The molecule has 0 aromatic rings. The fourth-order valence-corrected chi connectivity index (χ4v) is 7.58. The Morgan fingerprint density at radius 1 is 1.06 bits per heavy atom. The van der Waals surface area contributed by atoms with Crippen molar-refractivity contribution < 1.29 is 0 Å². The predicted octanol–water partition coefficient (Wildman–Crippen LogP) is 4.89. The van der Waals surface area contributed by atoms with E-state index in [1.54, 1.807) is 12.8 Å². The van der Waals surface area contributed by atoms with Crippen molar-refractivity contribution in [1.82, 2.24) is 0 Å². The van der Waals surface area contributed by atoms with Crippen LogP contribution in [0, 0.1) is 39.4 Å². The number of fused-ring (bicyclic) bond motifs is 1. The van der Waals surface area contributed by atoms with Gasteiger partial charge in [-0.25, -0.2) is 0 Å². The number of rotatable bonds is 4. The second-order valence-corrected chi connectivity index (χ2v) is 8.16. The predicted molar refractivity (Wildman–Crippen MR) is 71.7 cm³/mol. The molecule has 0 saturated heterocycles. The summed E-state index contributed by atoms with van der Waals surface area (Å²) in [5.74, 6) is 3.26. The molecule has 4 fully saturated rings. The van der Waals surface area contributed by atoms with Gasteiger partial charge in [0.05, 0.1) is 0 Å². The molecule has 0 heteroatoms. The average molecular weight is 232 g/mol. The fourth-order valence-electron chi connectivity index (χ4n) is 7.58. The molecule has 0 N–H and O–H groups in total. The first kappa shape index (κ1) is 10.9. The summed E-state index contributed by atoms with van der Waals surface area (Å²) in [6, 6.07) is 0. The van der Waals surface area contributed by atoms with Crippen LogP contribution in [0.4, 0.5) is 0 Å². The molecule has 0 aromatic heterocycles. The summed E-state index contributed by atoms with van der Waals surface area (Å²) < 4.78 is 0. The Morgan fingerprint density at radius 3 is 2.06 bits per heavy atom. The Kier molecular flexibility index (Phi) is 1.60. The average Bonchev–Trinajstić information content (AvgIpc) is 3.19. The van der Waals surface area contributed by atoms with Gasteiger partial charge in [0.1, 0.15) is 0 Å². The largest absolute Gasteiger partial charge is 0.0651 e. The Labute approximate surface area is 107 Å². The SMILES string of the molecule is CCC(CC)C1C(C)(C)C12CC1(CC)C3CC312. The lowest BCUT2D eigenvalue weighted by molar-refractivity contribution is -0.000565. The zero-order chi connectivity index (χ0) is 12.3. The maximum atomic E-state index is 2.60. The summed E-state index contributed by atoms with van der Waals surface area (Å²) in [6.07, 6.45) is 7.51. The molecule has 0 nitrogen and oxygen atoms in total. The van der Waals surface area contributed by atoms with Gasteiger partial charge in [-0.15, -0.1) is 0 Å². The molecule has 5 atom stereocenters. The Morgan fingerprint density at radius 2 is 1.71 bits per heavy atom. The molecule has 4 saturated carbocycles. The van der Waals surface area contributed by atoms with Crippen molar-refractivity contribution in [3.63, 3.8) is 0 Å². The molecular weight excluding hydrogens is 204 g/mol. The van der Waals surface area contributed by atoms with E-state index in [1.807, 2.05) is 0 Å². The Hall–Kier alpha value is 0. The summed E-state index contributed by atoms with van der Waals surface area (Å²) >= 11 is 0. The first-order valence-electron chi connectivity index (χ1n) is 8.00. The summed E-state index contributed by atoms with van der Waals surface area (Å²) in [4.78, 5) is 0. The van der Waals surface area contributed by atoms with Crippen LogP contribution in [-0.2, 0) is 0 Å². The number of hydrogen-bond donors (Lipinski definition) is 0. The maximum absolute atomic E-state index is 2.60. The molecule has 0 radical (unpaired) electrons. The van der Waals surface area contributed by atoms with E-state index >= 15 is 0 Å². The highest BCUT2D eigenvalue weighted by molar-refractivity contribution is 5.54. The van der Waals surface area contributed by atoms with E-state index < -0.39 is 0 Å². The maximum Gasteiger partial charge on any atom is -0.0136 e. The Bertz CT molecular complexity index is 391. The van der Waals surface area contributed by atoms with Crippen molar-refractivity contribution in [3.8, 4) is 0 Å². The molecular formula is C17H28. The second kappa shape index (κ2) is 2.49. The third kappa shape index (κ3) is 0.699. The van der Waals surface area contributed by atoms with E-state index in [0.717, 1.165) is 28.1 Å². The standard InChI is InChI=1S/C17H28/c1-6-11(7-2)13-14(4,5)17(13)10-15(8-3)12-9-16(12,15)17/h11-13H,6-10H2,1-5H3. The monoisotopic (exact) mass is 232 g/mol.